The third-order valence-electron chi connectivity index (χ3n) is 5.42. The highest BCUT2D eigenvalue weighted by atomic mass is 16.5. The van der Waals surface area contributed by atoms with Crippen LogP contribution in [0.4, 0.5) is 0 Å². The Kier molecular flexibility index (Phi) is 5.84. The van der Waals surface area contributed by atoms with Crippen molar-refractivity contribution in [3.8, 4) is 17.1 Å². The van der Waals surface area contributed by atoms with Crippen molar-refractivity contribution in [2.45, 2.75) is 45.6 Å². The standard InChI is InChI=1S/C24H27N3O3/c1-4-29-21-7-5-6-17(12-21)14-27-15-20(13-22(27)28)24-25-23(26-30-24)19-10-8-18(9-11-19)16(2)3/h5-12,16,20H,4,13-15H2,1-3H3. The number of rotatable bonds is 7. The van der Waals surface area contributed by atoms with Gasteiger partial charge in [-0.3, -0.25) is 4.79 Å². The molecule has 0 radical (unpaired) electrons. The van der Waals surface area contributed by atoms with Crippen molar-refractivity contribution in [3.05, 3.63) is 65.5 Å². The normalized spacial score (nSPS) is 16.5. The van der Waals surface area contributed by atoms with Crippen LogP contribution < -0.4 is 4.74 Å². The Morgan fingerprint density at radius 3 is 2.73 bits per heavy atom. The van der Waals surface area contributed by atoms with Gasteiger partial charge in [0, 0.05) is 25.1 Å². The predicted molar refractivity (Wildman–Crippen MR) is 114 cm³/mol. The van der Waals surface area contributed by atoms with Crippen LogP contribution in [0.3, 0.4) is 0 Å². The minimum Gasteiger partial charge on any atom is -0.494 e. The maximum Gasteiger partial charge on any atom is 0.232 e. The summed E-state index contributed by atoms with van der Waals surface area (Å²) in [5.74, 6) is 2.41. The van der Waals surface area contributed by atoms with Crippen molar-refractivity contribution < 1.29 is 14.1 Å². The number of aromatic nitrogens is 2. The van der Waals surface area contributed by atoms with E-state index in [1.807, 2.05) is 48.2 Å². The average molecular weight is 405 g/mol. The van der Waals surface area contributed by atoms with Crippen LogP contribution in [0.1, 0.15) is 56.0 Å². The molecule has 2 aromatic carbocycles. The van der Waals surface area contributed by atoms with Crippen LogP contribution in [-0.4, -0.2) is 34.1 Å². The summed E-state index contributed by atoms with van der Waals surface area (Å²) in [6.45, 7) is 8.03. The van der Waals surface area contributed by atoms with Gasteiger partial charge in [0.1, 0.15) is 5.75 Å². The monoisotopic (exact) mass is 405 g/mol. The van der Waals surface area contributed by atoms with E-state index in [1.165, 1.54) is 5.56 Å². The summed E-state index contributed by atoms with van der Waals surface area (Å²) in [6.07, 6.45) is 0.388. The molecule has 0 bridgehead atoms. The van der Waals surface area contributed by atoms with Crippen LogP contribution in [0, 0.1) is 0 Å². The Morgan fingerprint density at radius 1 is 1.20 bits per heavy atom. The predicted octanol–water partition coefficient (Wildman–Crippen LogP) is 4.77. The lowest BCUT2D eigenvalue weighted by molar-refractivity contribution is -0.128. The molecular formula is C24H27N3O3. The number of hydrogen-bond acceptors (Lipinski definition) is 5. The van der Waals surface area contributed by atoms with Crippen molar-refractivity contribution in [3.63, 3.8) is 0 Å². The van der Waals surface area contributed by atoms with Gasteiger partial charge in [-0.1, -0.05) is 55.4 Å². The molecule has 4 rings (SSSR count). The molecule has 1 saturated heterocycles. The number of nitrogens with zero attached hydrogens (tertiary/aromatic N) is 3. The van der Waals surface area contributed by atoms with Crippen molar-refractivity contribution >= 4 is 5.91 Å². The summed E-state index contributed by atoms with van der Waals surface area (Å²) in [5.41, 5.74) is 3.24. The lowest BCUT2D eigenvalue weighted by atomic mass is 10.0. The summed E-state index contributed by atoms with van der Waals surface area (Å²) in [7, 11) is 0. The molecule has 1 aliphatic heterocycles. The van der Waals surface area contributed by atoms with E-state index in [0.717, 1.165) is 16.9 Å². The fourth-order valence-electron chi connectivity index (χ4n) is 3.75. The fourth-order valence-corrected chi connectivity index (χ4v) is 3.75. The molecular weight excluding hydrogens is 378 g/mol. The van der Waals surface area contributed by atoms with E-state index in [2.05, 4.69) is 36.1 Å². The zero-order valence-electron chi connectivity index (χ0n) is 17.7. The summed E-state index contributed by atoms with van der Waals surface area (Å²) in [4.78, 5) is 19.0. The second-order valence-corrected chi connectivity index (χ2v) is 7.99. The van der Waals surface area contributed by atoms with Crippen molar-refractivity contribution in [1.82, 2.24) is 15.0 Å². The first kappa shape index (κ1) is 20.1. The van der Waals surface area contributed by atoms with Crippen LogP contribution in [0.25, 0.3) is 11.4 Å². The molecule has 1 fully saturated rings. The Labute approximate surface area is 176 Å². The summed E-state index contributed by atoms with van der Waals surface area (Å²) in [5, 5.41) is 4.14. The molecule has 1 aliphatic rings. The van der Waals surface area contributed by atoms with Crippen molar-refractivity contribution in [1.29, 1.82) is 0 Å². The van der Waals surface area contributed by atoms with Gasteiger partial charge in [0.05, 0.1) is 12.5 Å². The summed E-state index contributed by atoms with van der Waals surface area (Å²) < 4.78 is 11.1. The van der Waals surface area contributed by atoms with Crippen LogP contribution in [0.2, 0.25) is 0 Å². The van der Waals surface area contributed by atoms with Crippen LogP contribution >= 0.6 is 0 Å². The lowest BCUT2D eigenvalue weighted by Crippen LogP contribution is -2.24. The van der Waals surface area contributed by atoms with E-state index in [-0.39, 0.29) is 11.8 Å². The zero-order chi connectivity index (χ0) is 21.1. The summed E-state index contributed by atoms with van der Waals surface area (Å²) in [6, 6.07) is 16.1. The summed E-state index contributed by atoms with van der Waals surface area (Å²) >= 11 is 0. The van der Waals surface area contributed by atoms with Gasteiger partial charge in [0.15, 0.2) is 0 Å². The van der Waals surface area contributed by atoms with Gasteiger partial charge in [0.2, 0.25) is 17.6 Å². The molecule has 0 saturated carbocycles. The average Bonchev–Trinajstić information content (AvgIpc) is 3.36. The molecule has 1 unspecified atom stereocenters. The Bertz CT molecular complexity index is 1010. The first-order chi connectivity index (χ1) is 14.5. The minimum absolute atomic E-state index is 0.0799. The third kappa shape index (κ3) is 4.37. The third-order valence-corrected chi connectivity index (χ3v) is 5.42. The quantitative estimate of drug-likeness (QED) is 0.566. The van der Waals surface area contributed by atoms with E-state index >= 15 is 0 Å². The second-order valence-electron chi connectivity index (χ2n) is 7.99. The van der Waals surface area contributed by atoms with Gasteiger partial charge in [0.25, 0.3) is 0 Å². The second kappa shape index (κ2) is 8.69. The highest BCUT2D eigenvalue weighted by Gasteiger charge is 2.34. The van der Waals surface area contributed by atoms with Gasteiger partial charge in [-0.2, -0.15) is 4.98 Å². The SMILES string of the molecule is CCOc1cccc(CN2CC(c3nc(-c4ccc(C(C)C)cc4)no3)CC2=O)c1. The number of ether oxygens (including phenoxy) is 1. The van der Waals surface area contributed by atoms with E-state index < -0.39 is 0 Å². The first-order valence-corrected chi connectivity index (χ1v) is 10.5. The fraction of sp³-hybridized carbons (Fsp3) is 0.375. The molecule has 0 N–H and O–H groups in total. The Hall–Kier alpha value is -3.15. The number of hydrogen-bond donors (Lipinski definition) is 0. The van der Waals surface area contributed by atoms with Gasteiger partial charge >= 0.3 is 0 Å². The Balaban J connectivity index is 1.43. The molecule has 0 spiro atoms. The maximum absolute atomic E-state index is 12.6. The molecule has 30 heavy (non-hydrogen) atoms. The topological polar surface area (TPSA) is 68.5 Å². The number of carbonyl (C=O) groups is 1. The lowest BCUT2D eigenvalue weighted by Gasteiger charge is -2.16. The zero-order valence-corrected chi connectivity index (χ0v) is 17.7. The van der Waals surface area contributed by atoms with E-state index in [4.69, 9.17) is 9.26 Å². The highest BCUT2D eigenvalue weighted by molar-refractivity contribution is 5.79. The first-order valence-electron chi connectivity index (χ1n) is 10.5. The molecule has 1 aromatic heterocycles. The molecule has 1 atom stereocenters. The molecule has 2 heterocycles. The van der Waals surface area contributed by atoms with E-state index in [9.17, 15) is 4.79 Å². The van der Waals surface area contributed by atoms with Crippen LogP contribution in [-0.2, 0) is 11.3 Å². The van der Waals surface area contributed by atoms with Crippen LogP contribution in [0.5, 0.6) is 5.75 Å². The smallest absolute Gasteiger partial charge is 0.232 e. The van der Waals surface area contributed by atoms with Crippen molar-refractivity contribution in [2.24, 2.45) is 0 Å². The molecule has 156 valence electrons. The number of likely N-dealkylation sites (tertiary alicyclic amines) is 1. The van der Waals surface area contributed by atoms with Crippen molar-refractivity contribution in [2.75, 3.05) is 13.2 Å². The number of amides is 1. The molecule has 6 heteroatoms. The Morgan fingerprint density at radius 2 is 2.00 bits per heavy atom. The molecule has 6 nitrogen and oxygen atoms in total. The minimum atomic E-state index is -0.0799. The van der Waals surface area contributed by atoms with Gasteiger partial charge < -0.3 is 14.2 Å². The number of carbonyl (C=O) groups excluding carboxylic acids is 1. The number of benzene rings is 2. The molecule has 0 aliphatic carbocycles. The van der Waals surface area contributed by atoms with E-state index in [0.29, 0.717) is 43.8 Å². The highest BCUT2D eigenvalue weighted by Crippen LogP contribution is 2.30. The maximum atomic E-state index is 12.6. The molecule has 3 aromatic rings. The van der Waals surface area contributed by atoms with Gasteiger partial charge in [-0.15, -0.1) is 0 Å². The van der Waals surface area contributed by atoms with Crippen LogP contribution in [0.15, 0.2) is 53.1 Å². The molecule has 1 amide bonds. The van der Waals surface area contributed by atoms with E-state index in [1.54, 1.807) is 0 Å². The van der Waals surface area contributed by atoms with Gasteiger partial charge in [-0.05, 0) is 36.1 Å². The largest absolute Gasteiger partial charge is 0.494 e. The van der Waals surface area contributed by atoms with Gasteiger partial charge in [-0.25, -0.2) is 0 Å².